The molecule has 1 aliphatic carbocycles. The predicted molar refractivity (Wildman–Crippen MR) is 54.3 cm³/mol. The average molecular weight is 252 g/mol. The van der Waals surface area contributed by atoms with E-state index in [0.29, 0.717) is 5.92 Å². The molecule has 14 heavy (non-hydrogen) atoms. The molecule has 0 unspecified atom stereocenters. The lowest BCUT2D eigenvalue weighted by Crippen LogP contribution is -1.96. The van der Waals surface area contributed by atoms with Crippen molar-refractivity contribution < 1.29 is 8.42 Å². The van der Waals surface area contributed by atoms with E-state index in [0.717, 1.165) is 18.5 Å². The summed E-state index contributed by atoms with van der Waals surface area (Å²) in [7, 11) is 1.38. The lowest BCUT2D eigenvalue weighted by molar-refractivity contribution is 0.609. The molecule has 76 valence electrons. The van der Waals surface area contributed by atoms with Crippen molar-refractivity contribution in [2.45, 2.75) is 23.7 Å². The highest BCUT2D eigenvalue weighted by Crippen LogP contribution is 2.40. The molecule has 0 aromatic carbocycles. The van der Waals surface area contributed by atoms with E-state index in [4.69, 9.17) is 22.3 Å². The molecule has 0 N–H and O–H groups in total. The van der Waals surface area contributed by atoms with Gasteiger partial charge < -0.3 is 0 Å². The van der Waals surface area contributed by atoms with Crippen LogP contribution >= 0.6 is 22.3 Å². The minimum Gasteiger partial charge on any atom is -0.239 e. The molecule has 0 radical (unpaired) electrons. The maximum Gasteiger partial charge on any atom is 0.264 e. The van der Waals surface area contributed by atoms with Crippen molar-refractivity contribution in [1.82, 2.24) is 4.98 Å². The first-order chi connectivity index (χ1) is 6.48. The summed E-state index contributed by atoms with van der Waals surface area (Å²) >= 11 is 5.71. The van der Waals surface area contributed by atoms with E-state index in [9.17, 15) is 8.42 Å². The zero-order valence-electron chi connectivity index (χ0n) is 7.07. The zero-order valence-corrected chi connectivity index (χ0v) is 9.40. The van der Waals surface area contributed by atoms with Crippen LogP contribution in [0, 0.1) is 0 Å². The smallest absolute Gasteiger partial charge is 0.239 e. The fourth-order valence-corrected chi connectivity index (χ4v) is 2.66. The highest BCUT2D eigenvalue weighted by molar-refractivity contribution is 8.13. The Morgan fingerprint density at radius 1 is 1.36 bits per heavy atom. The second kappa shape index (κ2) is 3.36. The van der Waals surface area contributed by atoms with Crippen LogP contribution in [0.4, 0.5) is 0 Å². The number of aromatic nitrogens is 1. The summed E-state index contributed by atoms with van der Waals surface area (Å²) in [5, 5.41) is -0.0376. The Morgan fingerprint density at radius 3 is 2.43 bits per heavy atom. The Kier molecular flexibility index (Phi) is 2.45. The Balaban J connectivity index is 2.46. The van der Waals surface area contributed by atoms with Gasteiger partial charge in [0.05, 0.1) is 0 Å². The first-order valence-electron chi connectivity index (χ1n) is 4.09. The van der Waals surface area contributed by atoms with E-state index in [1.54, 1.807) is 6.07 Å². The number of hydrogen-bond acceptors (Lipinski definition) is 3. The maximum absolute atomic E-state index is 11.0. The number of rotatable bonds is 2. The Hall–Kier alpha value is -0.320. The van der Waals surface area contributed by atoms with Crippen molar-refractivity contribution in [1.29, 1.82) is 0 Å². The first kappa shape index (κ1) is 10.2. The van der Waals surface area contributed by atoms with Gasteiger partial charge in [-0.3, -0.25) is 0 Å². The molecule has 0 spiro atoms. The van der Waals surface area contributed by atoms with E-state index >= 15 is 0 Å². The normalized spacial score (nSPS) is 17.0. The van der Waals surface area contributed by atoms with Crippen molar-refractivity contribution in [2.24, 2.45) is 0 Å². The third-order valence-electron chi connectivity index (χ3n) is 2.09. The summed E-state index contributed by atoms with van der Waals surface area (Å²) in [5.41, 5.74) is 0.846. The molecular formula is C8H7Cl2NO2S. The number of pyridine rings is 1. The van der Waals surface area contributed by atoms with Crippen LogP contribution in [0.2, 0.25) is 5.15 Å². The molecule has 0 amide bonds. The summed E-state index contributed by atoms with van der Waals surface area (Å²) in [6.07, 6.45) is 2.19. The van der Waals surface area contributed by atoms with Gasteiger partial charge in [-0.1, -0.05) is 11.6 Å². The lowest BCUT2D eigenvalue weighted by Gasteiger charge is -2.01. The molecular weight excluding hydrogens is 245 g/mol. The number of halogens is 2. The van der Waals surface area contributed by atoms with E-state index in [1.807, 2.05) is 0 Å². The molecule has 0 atom stereocenters. The van der Waals surface area contributed by atoms with Crippen LogP contribution in [-0.4, -0.2) is 13.4 Å². The van der Waals surface area contributed by atoms with Crippen molar-refractivity contribution in [3.63, 3.8) is 0 Å². The fourth-order valence-electron chi connectivity index (χ4n) is 1.22. The van der Waals surface area contributed by atoms with Crippen LogP contribution < -0.4 is 0 Å². The van der Waals surface area contributed by atoms with Crippen molar-refractivity contribution in [2.75, 3.05) is 0 Å². The minimum absolute atomic E-state index is 0.0376. The molecule has 1 heterocycles. The van der Waals surface area contributed by atoms with Gasteiger partial charge in [-0.2, -0.15) is 0 Å². The number of hydrogen-bond donors (Lipinski definition) is 0. The van der Waals surface area contributed by atoms with E-state index in [1.165, 1.54) is 6.07 Å². The molecule has 1 aromatic heterocycles. The zero-order chi connectivity index (χ0) is 10.3. The van der Waals surface area contributed by atoms with Gasteiger partial charge in [0.1, 0.15) is 10.0 Å². The molecule has 0 bridgehead atoms. The average Bonchev–Trinajstić information content (AvgIpc) is 2.83. The van der Waals surface area contributed by atoms with Gasteiger partial charge in [0.2, 0.25) is 0 Å². The van der Waals surface area contributed by atoms with Gasteiger partial charge in [-0.25, -0.2) is 13.4 Å². The van der Waals surface area contributed by atoms with Gasteiger partial charge in [-0.05, 0) is 25.0 Å². The third-order valence-corrected chi connectivity index (χ3v) is 3.85. The molecule has 1 aromatic rings. The molecule has 1 fully saturated rings. The summed E-state index contributed by atoms with van der Waals surface area (Å²) in [4.78, 5) is 3.88. The molecule has 1 saturated carbocycles. The summed E-state index contributed by atoms with van der Waals surface area (Å²) in [6, 6.07) is 3.07. The van der Waals surface area contributed by atoms with E-state index < -0.39 is 9.05 Å². The Bertz CT molecular complexity index is 468. The topological polar surface area (TPSA) is 47.0 Å². The molecule has 1 aliphatic rings. The van der Waals surface area contributed by atoms with Gasteiger partial charge in [-0.15, -0.1) is 0 Å². The van der Waals surface area contributed by atoms with E-state index in [2.05, 4.69) is 4.98 Å². The summed E-state index contributed by atoms with van der Waals surface area (Å²) < 4.78 is 22.0. The quantitative estimate of drug-likeness (QED) is 0.600. The maximum atomic E-state index is 11.0. The van der Waals surface area contributed by atoms with E-state index in [-0.39, 0.29) is 10.0 Å². The van der Waals surface area contributed by atoms with Gasteiger partial charge in [0.15, 0.2) is 0 Å². The molecule has 3 nitrogen and oxygen atoms in total. The number of nitrogens with zero attached hydrogens (tertiary/aromatic N) is 1. The summed E-state index contributed by atoms with van der Waals surface area (Å²) in [6.45, 7) is 0. The highest BCUT2D eigenvalue weighted by Gasteiger charge is 2.26. The summed E-state index contributed by atoms with van der Waals surface area (Å²) in [5.74, 6) is 0.444. The molecule has 0 aliphatic heterocycles. The first-order valence-corrected chi connectivity index (χ1v) is 6.78. The van der Waals surface area contributed by atoms with Crippen LogP contribution in [0.1, 0.15) is 24.5 Å². The second-order valence-corrected chi connectivity index (χ2v) is 6.13. The minimum atomic E-state index is -3.78. The fraction of sp³-hybridized carbons (Fsp3) is 0.375. The van der Waals surface area contributed by atoms with Crippen LogP contribution in [0.3, 0.4) is 0 Å². The Labute approximate surface area is 91.5 Å². The van der Waals surface area contributed by atoms with Gasteiger partial charge in [0.25, 0.3) is 9.05 Å². The van der Waals surface area contributed by atoms with Crippen molar-refractivity contribution >= 4 is 31.3 Å². The second-order valence-electron chi connectivity index (χ2n) is 3.24. The van der Waals surface area contributed by atoms with Gasteiger partial charge in [0, 0.05) is 22.3 Å². The SMILES string of the molecule is O=S(=O)(Cl)c1ccc(C2CC2)nc1Cl. The van der Waals surface area contributed by atoms with Gasteiger partial charge >= 0.3 is 0 Å². The van der Waals surface area contributed by atoms with Crippen LogP contribution in [0.15, 0.2) is 17.0 Å². The highest BCUT2D eigenvalue weighted by atomic mass is 35.7. The van der Waals surface area contributed by atoms with Crippen molar-refractivity contribution in [3.05, 3.63) is 23.0 Å². The molecule has 6 heteroatoms. The van der Waals surface area contributed by atoms with Crippen LogP contribution in [-0.2, 0) is 9.05 Å². The largest absolute Gasteiger partial charge is 0.264 e. The molecule has 0 saturated heterocycles. The monoisotopic (exact) mass is 251 g/mol. The molecule has 2 rings (SSSR count). The van der Waals surface area contributed by atoms with Crippen molar-refractivity contribution in [3.8, 4) is 0 Å². The standard InChI is InChI=1S/C8H7Cl2NO2S/c9-8-7(14(10,12)13)4-3-6(11-8)5-1-2-5/h3-5H,1-2H2. The Morgan fingerprint density at radius 2 is 2.00 bits per heavy atom. The predicted octanol–water partition coefficient (Wildman–Crippen LogP) is 2.54. The van der Waals surface area contributed by atoms with Crippen LogP contribution in [0.5, 0.6) is 0 Å². The lowest BCUT2D eigenvalue weighted by atomic mass is 10.2. The van der Waals surface area contributed by atoms with Crippen LogP contribution in [0.25, 0.3) is 0 Å². The third kappa shape index (κ3) is 2.02.